The summed E-state index contributed by atoms with van der Waals surface area (Å²) in [7, 11) is 3.69. The smallest absolute Gasteiger partial charge is 0.251 e. The van der Waals surface area contributed by atoms with Gasteiger partial charge in [0.1, 0.15) is 0 Å². The highest BCUT2D eigenvalue weighted by atomic mass is 16.5. The number of benzene rings is 1. The van der Waals surface area contributed by atoms with Gasteiger partial charge in [0.25, 0.3) is 5.91 Å². The number of hydrogen-bond acceptors (Lipinski definition) is 4. The summed E-state index contributed by atoms with van der Waals surface area (Å²) in [6.07, 6.45) is 4.30. The first-order valence-corrected chi connectivity index (χ1v) is 8.43. The summed E-state index contributed by atoms with van der Waals surface area (Å²) in [6, 6.07) is 5.63. The maximum atomic E-state index is 12.3. The monoisotopic (exact) mass is 320 g/mol. The van der Waals surface area contributed by atoms with Gasteiger partial charge in [0.2, 0.25) is 0 Å². The van der Waals surface area contributed by atoms with Gasteiger partial charge >= 0.3 is 0 Å². The first-order chi connectivity index (χ1) is 11.1. The van der Waals surface area contributed by atoms with Gasteiger partial charge in [-0.15, -0.1) is 0 Å². The standard InChI is InChI=1S/C18H28N2O3/c1-20-11-5-3-4-7-17(21)15-13-14(8-9-16(15)20)18(22)19-10-6-12-23-2/h8-9,13,17,21H,3-7,10-12H2,1-2H3,(H,19,22)/t17-/m0/s1. The minimum Gasteiger partial charge on any atom is -0.388 e. The van der Waals surface area contributed by atoms with Crippen LogP contribution in [0.2, 0.25) is 0 Å². The van der Waals surface area contributed by atoms with Crippen molar-refractivity contribution < 1.29 is 14.6 Å². The van der Waals surface area contributed by atoms with Gasteiger partial charge in [-0.1, -0.05) is 12.8 Å². The Bertz CT molecular complexity index is 519. The van der Waals surface area contributed by atoms with E-state index in [1.165, 1.54) is 0 Å². The third-order valence-corrected chi connectivity index (χ3v) is 4.34. The summed E-state index contributed by atoms with van der Waals surface area (Å²) >= 11 is 0. The number of methoxy groups -OCH3 is 1. The maximum absolute atomic E-state index is 12.3. The molecule has 0 spiro atoms. The highest BCUT2D eigenvalue weighted by Crippen LogP contribution is 2.31. The number of hydrogen-bond donors (Lipinski definition) is 2. The molecule has 0 fully saturated rings. The molecule has 2 N–H and O–H groups in total. The zero-order valence-electron chi connectivity index (χ0n) is 14.2. The third kappa shape index (κ3) is 4.94. The second kappa shape index (κ2) is 8.89. The van der Waals surface area contributed by atoms with E-state index in [2.05, 4.69) is 10.2 Å². The van der Waals surface area contributed by atoms with Gasteiger partial charge in [-0.3, -0.25) is 4.79 Å². The molecule has 1 atom stereocenters. The molecule has 1 amide bonds. The molecule has 0 aliphatic carbocycles. The van der Waals surface area contributed by atoms with Gasteiger partial charge in [-0.25, -0.2) is 0 Å². The molecule has 0 saturated heterocycles. The lowest BCUT2D eigenvalue weighted by atomic mass is 9.99. The number of aliphatic hydroxyl groups excluding tert-OH is 1. The van der Waals surface area contributed by atoms with E-state index in [-0.39, 0.29) is 5.91 Å². The van der Waals surface area contributed by atoms with E-state index in [0.717, 1.165) is 49.9 Å². The highest BCUT2D eigenvalue weighted by molar-refractivity contribution is 5.95. The zero-order valence-corrected chi connectivity index (χ0v) is 14.2. The zero-order chi connectivity index (χ0) is 16.7. The van der Waals surface area contributed by atoms with Gasteiger partial charge < -0.3 is 20.1 Å². The van der Waals surface area contributed by atoms with E-state index in [0.29, 0.717) is 18.7 Å². The molecule has 0 unspecified atom stereocenters. The first-order valence-electron chi connectivity index (χ1n) is 8.43. The van der Waals surface area contributed by atoms with Crippen molar-refractivity contribution in [2.75, 3.05) is 38.8 Å². The number of nitrogens with zero attached hydrogens (tertiary/aromatic N) is 1. The largest absolute Gasteiger partial charge is 0.388 e. The lowest BCUT2D eigenvalue weighted by molar-refractivity contribution is 0.0948. The predicted molar refractivity (Wildman–Crippen MR) is 92.0 cm³/mol. The molecule has 0 bridgehead atoms. The van der Waals surface area contributed by atoms with Crippen LogP contribution in [0, 0.1) is 0 Å². The Kier molecular flexibility index (Phi) is 6.86. The van der Waals surface area contributed by atoms with Crippen molar-refractivity contribution in [2.24, 2.45) is 0 Å². The summed E-state index contributed by atoms with van der Waals surface area (Å²) in [4.78, 5) is 14.4. The average Bonchev–Trinajstić information content (AvgIpc) is 2.62. The molecule has 0 saturated carbocycles. The molecule has 1 heterocycles. The van der Waals surface area contributed by atoms with Crippen LogP contribution in [0.5, 0.6) is 0 Å². The summed E-state index contributed by atoms with van der Waals surface area (Å²) in [5.41, 5.74) is 2.49. The molecule has 5 nitrogen and oxygen atoms in total. The van der Waals surface area contributed by atoms with E-state index in [1.807, 2.05) is 25.2 Å². The van der Waals surface area contributed by atoms with E-state index in [4.69, 9.17) is 4.74 Å². The topological polar surface area (TPSA) is 61.8 Å². The fourth-order valence-corrected chi connectivity index (χ4v) is 2.97. The van der Waals surface area contributed by atoms with Gasteiger partial charge in [0.15, 0.2) is 0 Å². The second-order valence-electron chi connectivity index (χ2n) is 6.16. The molecule has 1 aliphatic rings. The Morgan fingerprint density at radius 3 is 3.00 bits per heavy atom. The van der Waals surface area contributed by atoms with Gasteiger partial charge in [-0.05, 0) is 37.5 Å². The van der Waals surface area contributed by atoms with Gasteiger partial charge in [-0.2, -0.15) is 0 Å². The number of carbonyl (C=O) groups is 1. The lowest BCUT2D eigenvalue weighted by Gasteiger charge is -2.24. The summed E-state index contributed by atoms with van der Waals surface area (Å²) in [5.74, 6) is -0.0985. The molecular weight excluding hydrogens is 292 g/mol. The number of anilines is 1. The van der Waals surface area contributed by atoms with Crippen molar-refractivity contribution >= 4 is 11.6 Å². The van der Waals surface area contributed by atoms with Crippen LogP contribution in [-0.2, 0) is 4.74 Å². The molecule has 0 radical (unpaired) electrons. The summed E-state index contributed by atoms with van der Waals surface area (Å²) in [6.45, 7) is 2.20. The van der Waals surface area contributed by atoms with Crippen molar-refractivity contribution in [3.05, 3.63) is 29.3 Å². The number of nitrogens with one attached hydrogen (secondary N) is 1. The number of aliphatic hydroxyl groups is 1. The van der Waals surface area contributed by atoms with Gasteiger partial charge in [0.05, 0.1) is 6.10 Å². The van der Waals surface area contributed by atoms with E-state index in [1.54, 1.807) is 7.11 Å². The quantitative estimate of drug-likeness (QED) is 0.818. The number of amides is 1. The Labute approximate surface area is 138 Å². The molecule has 0 aromatic heterocycles. The van der Waals surface area contributed by atoms with Crippen molar-refractivity contribution in [3.8, 4) is 0 Å². The minimum atomic E-state index is -0.508. The SMILES string of the molecule is COCCCNC(=O)c1ccc2c(c1)[C@@H](O)CCCCCN2C. The number of carbonyl (C=O) groups excluding carboxylic acids is 1. The van der Waals surface area contributed by atoms with Crippen molar-refractivity contribution in [1.29, 1.82) is 0 Å². The lowest BCUT2D eigenvalue weighted by Crippen LogP contribution is -2.26. The number of rotatable bonds is 5. The first kappa shape index (κ1) is 17.8. The summed E-state index contributed by atoms with van der Waals surface area (Å²) in [5, 5.41) is 13.4. The van der Waals surface area contributed by atoms with Crippen LogP contribution < -0.4 is 10.2 Å². The fourth-order valence-electron chi connectivity index (χ4n) is 2.97. The molecule has 1 aromatic carbocycles. The van der Waals surface area contributed by atoms with Crippen LogP contribution in [0.15, 0.2) is 18.2 Å². The minimum absolute atomic E-state index is 0.0985. The van der Waals surface area contributed by atoms with E-state index in [9.17, 15) is 9.90 Å². The molecule has 2 rings (SSSR count). The van der Waals surface area contributed by atoms with Crippen LogP contribution in [0.1, 0.15) is 54.1 Å². The van der Waals surface area contributed by atoms with Crippen LogP contribution in [-0.4, -0.2) is 44.9 Å². The predicted octanol–water partition coefficient (Wildman–Crippen LogP) is 2.50. The van der Waals surface area contributed by atoms with Crippen LogP contribution >= 0.6 is 0 Å². The van der Waals surface area contributed by atoms with Crippen LogP contribution in [0.25, 0.3) is 0 Å². The van der Waals surface area contributed by atoms with E-state index < -0.39 is 6.10 Å². The Morgan fingerprint density at radius 2 is 2.22 bits per heavy atom. The molecular formula is C18H28N2O3. The second-order valence-corrected chi connectivity index (χ2v) is 6.16. The summed E-state index contributed by atoms with van der Waals surface area (Å²) < 4.78 is 4.98. The molecule has 1 aromatic rings. The van der Waals surface area contributed by atoms with Crippen molar-refractivity contribution in [1.82, 2.24) is 5.32 Å². The number of ether oxygens (including phenoxy) is 1. The average molecular weight is 320 g/mol. The van der Waals surface area contributed by atoms with Crippen molar-refractivity contribution in [2.45, 2.75) is 38.2 Å². The Balaban J connectivity index is 2.14. The molecule has 1 aliphatic heterocycles. The normalized spacial score (nSPS) is 18.6. The van der Waals surface area contributed by atoms with Crippen LogP contribution in [0.4, 0.5) is 5.69 Å². The number of fused-ring (bicyclic) bond motifs is 1. The van der Waals surface area contributed by atoms with Crippen LogP contribution in [0.3, 0.4) is 0 Å². The highest BCUT2D eigenvalue weighted by Gasteiger charge is 2.19. The van der Waals surface area contributed by atoms with E-state index >= 15 is 0 Å². The molecule has 128 valence electrons. The fraction of sp³-hybridized carbons (Fsp3) is 0.611. The molecule has 5 heteroatoms. The Hall–Kier alpha value is -1.59. The molecule has 23 heavy (non-hydrogen) atoms. The van der Waals surface area contributed by atoms with Gasteiger partial charge in [0, 0.05) is 50.7 Å². The third-order valence-electron chi connectivity index (χ3n) is 4.34. The Morgan fingerprint density at radius 1 is 1.39 bits per heavy atom. The van der Waals surface area contributed by atoms with Crippen molar-refractivity contribution in [3.63, 3.8) is 0 Å². The maximum Gasteiger partial charge on any atom is 0.251 e.